The third kappa shape index (κ3) is 6.15. The summed E-state index contributed by atoms with van der Waals surface area (Å²) in [4.78, 5) is 22.9. The molecule has 0 spiro atoms. The zero-order valence-electron chi connectivity index (χ0n) is 12.5. The van der Waals surface area contributed by atoms with Crippen molar-refractivity contribution in [2.24, 2.45) is 0 Å². The van der Waals surface area contributed by atoms with Crippen molar-refractivity contribution in [2.75, 3.05) is 0 Å². The fraction of sp³-hybridized carbons (Fsp3) is 0.625. The number of hydrogen-bond donors (Lipinski definition) is 1. The number of carbonyl (C=O) groups is 2. The van der Waals surface area contributed by atoms with E-state index >= 15 is 0 Å². The van der Waals surface area contributed by atoms with Gasteiger partial charge in [0.15, 0.2) is 5.78 Å². The molecule has 1 atom stereocenters. The Morgan fingerprint density at radius 1 is 1.50 bits per heavy atom. The van der Waals surface area contributed by atoms with Crippen LogP contribution < -0.4 is 0 Å². The van der Waals surface area contributed by atoms with Gasteiger partial charge in [-0.2, -0.15) is 0 Å². The standard InChI is InChI=1S/C16H24O4/c1-12(2)20-15(18)9-7-5-4-6-8-13-10-16(3,19)11-14(13)17/h4,6,10,12,19H,5,7-9,11H2,1-3H3/b6-4-. The first-order chi connectivity index (χ1) is 9.30. The highest BCUT2D eigenvalue weighted by Crippen LogP contribution is 2.26. The Morgan fingerprint density at radius 2 is 2.20 bits per heavy atom. The third-order valence-electron chi connectivity index (χ3n) is 2.99. The number of Topliss-reactive ketones (excluding diaryl/α,β-unsaturated/α-hetero) is 1. The van der Waals surface area contributed by atoms with Gasteiger partial charge in [0.05, 0.1) is 11.7 Å². The van der Waals surface area contributed by atoms with Gasteiger partial charge in [0, 0.05) is 12.8 Å². The maximum atomic E-state index is 11.6. The van der Waals surface area contributed by atoms with Crippen LogP contribution in [-0.4, -0.2) is 28.6 Å². The van der Waals surface area contributed by atoms with Crippen molar-refractivity contribution in [3.05, 3.63) is 23.8 Å². The molecule has 1 rings (SSSR count). The van der Waals surface area contributed by atoms with Crippen molar-refractivity contribution in [3.63, 3.8) is 0 Å². The smallest absolute Gasteiger partial charge is 0.306 e. The van der Waals surface area contributed by atoms with Gasteiger partial charge in [-0.25, -0.2) is 0 Å². The molecule has 0 aromatic carbocycles. The number of ketones is 1. The van der Waals surface area contributed by atoms with Gasteiger partial charge in [0.1, 0.15) is 0 Å². The van der Waals surface area contributed by atoms with E-state index in [0.717, 1.165) is 12.8 Å². The number of carbonyl (C=O) groups excluding carboxylic acids is 2. The topological polar surface area (TPSA) is 63.6 Å². The van der Waals surface area contributed by atoms with Crippen LogP contribution in [0.1, 0.15) is 52.9 Å². The first-order valence-electron chi connectivity index (χ1n) is 7.12. The molecule has 0 aromatic rings. The van der Waals surface area contributed by atoms with Crippen molar-refractivity contribution < 1.29 is 19.4 Å². The monoisotopic (exact) mass is 280 g/mol. The summed E-state index contributed by atoms with van der Waals surface area (Å²) >= 11 is 0. The molecule has 1 aliphatic carbocycles. The van der Waals surface area contributed by atoms with Gasteiger partial charge in [-0.1, -0.05) is 12.2 Å². The lowest BCUT2D eigenvalue weighted by Gasteiger charge is -2.09. The second-order valence-corrected chi connectivity index (χ2v) is 5.73. The molecule has 4 heteroatoms. The van der Waals surface area contributed by atoms with Gasteiger partial charge in [-0.05, 0) is 51.7 Å². The van der Waals surface area contributed by atoms with Gasteiger partial charge in [-0.3, -0.25) is 9.59 Å². The molecule has 0 saturated heterocycles. The molecule has 0 aromatic heterocycles. The van der Waals surface area contributed by atoms with E-state index in [1.165, 1.54) is 0 Å². The number of unbranched alkanes of at least 4 members (excludes halogenated alkanes) is 1. The van der Waals surface area contributed by atoms with E-state index in [1.54, 1.807) is 13.0 Å². The number of esters is 1. The number of hydrogen-bond acceptors (Lipinski definition) is 4. The number of allylic oxidation sites excluding steroid dienone is 3. The fourth-order valence-electron chi connectivity index (χ4n) is 2.13. The molecule has 1 unspecified atom stereocenters. The molecular formula is C16H24O4. The van der Waals surface area contributed by atoms with Crippen LogP contribution in [0.3, 0.4) is 0 Å². The summed E-state index contributed by atoms with van der Waals surface area (Å²) in [5, 5.41) is 9.74. The molecule has 20 heavy (non-hydrogen) atoms. The van der Waals surface area contributed by atoms with Gasteiger partial charge in [0.25, 0.3) is 0 Å². The quantitative estimate of drug-likeness (QED) is 0.442. The predicted molar refractivity (Wildman–Crippen MR) is 77.2 cm³/mol. The van der Waals surface area contributed by atoms with Crippen LogP contribution in [0.15, 0.2) is 23.8 Å². The van der Waals surface area contributed by atoms with E-state index in [-0.39, 0.29) is 24.3 Å². The van der Waals surface area contributed by atoms with Crippen LogP contribution >= 0.6 is 0 Å². The second kappa shape index (κ2) is 7.39. The molecule has 1 N–H and O–H groups in total. The van der Waals surface area contributed by atoms with Crippen molar-refractivity contribution in [2.45, 2.75) is 64.6 Å². The summed E-state index contributed by atoms with van der Waals surface area (Å²) in [6, 6.07) is 0. The molecule has 0 aliphatic heterocycles. The van der Waals surface area contributed by atoms with Gasteiger partial charge in [-0.15, -0.1) is 0 Å². The molecule has 0 radical (unpaired) electrons. The largest absolute Gasteiger partial charge is 0.463 e. The first-order valence-corrected chi connectivity index (χ1v) is 7.12. The van der Waals surface area contributed by atoms with E-state index in [2.05, 4.69) is 0 Å². The van der Waals surface area contributed by atoms with Gasteiger partial charge in [0.2, 0.25) is 0 Å². The molecular weight excluding hydrogens is 256 g/mol. The van der Waals surface area contributed by atoms with Gasteiger partial charge >= 0.3 is 5.97 Å². The van der Waals surface area contributed by atoms with E-state index in [9.17, 15) is 14.7 Å². The molecule has 0 heterocycles. The van der Waals surface area contributed by atoms with Crippen LogP contribution in [0.2, 0.25) is 0 Å². The van der Waals surface area contributed by atoms with Crippen molar-refractivity contribution in [1.82, 2.24) is 0 Å². The summed E-state index contributed by atoms with van der Waals surface area (Å²) < 4.78 is 5.03. The first kappa shape index (κ1) is 16.6. The van der Waals surface area contributed by atoms with Crippen LogP contribution in [0.25, 0.3) is 0 Å². The Balaban J connectivity index is 2.20. The molecule has 1 aliphatic rings. The van der Waals surface area contributed by atoms with E-state index < -0.39 is 5.60 Å². The van der Waals surface area contributed by atoms with E-state index in [0.29, 0.717) is 18.4 Å². The second-order valence-electron chi connectivity index (χ2n) is 5.73. The zero-order valence-corrected chi connectivity index (χ0v) is 12.5. The Bertz CT molecular complexity index is 416. The molecule has 0 amide bonds. The minimum Gasteiger partial charge on any atom is -0.463 e. The normalized spacial score (nSPS) is 22.6. The minimum atomic E-state index is -0.985. The van der Waals surface area contributed by atoms with Crippen LogP contribution in [-0.2, 0) is 14.3 Å². The number of aliphatic hydroxyl groups is 1. The summed E-state index contributed by atoms with van der Waals surface area (Å²) in [5.74, 6) is -0.154. The summed E-state index contributed by atoms with van der Waals surface area (Å²) in [6.45, 7) is 5.31. The lowest BCUT2D eigenvalue weighted by molar-refractivity contribution is -0.147. The van der Waals surface area contributed by atoms with Crippen molar-refractivity contribution in [1.29, 1.82) is 0 Å². The number of ether oxygens (including phenoxy) is 1. The molecule has 112 valence electrons. The highest BCUT2D eigenvalue weighted by atomic mass is 16.5. The molecule has 0 fully saturated rings. The minimum absolute atomic E-state index is 0.0140. The Labute approximate surface area is 120 Å². The summed E-state index contributed by atoms with van der Waals surface area (Å²) in [5.41, 5.74) is -0.314. The average molecular weight is 280 g/mol. The predicted octanol–water partition coefficient (Wildman–Crippen LogP) is 2.70. The lowest BCUT2D eigenvalue weighted by atomic mass is 10.1. The average Bonchev–Trinajstić information content (AvgIpc) is 2.55. The van der Waals surface area contributed by atoms with Crippen molar-refractivity contribution >= 4 is 11.8 Å². The number of rotatable bonds is 7. The Kier molecular flexibility index (Phi) is 6.14. The Morgan fingerprint density at radius 3 is 2.75 bits per heavy atom. The van der Waals surface area contributed by atoms with Crippen LogP contribution in [0.5, 0.6) is 0 Å². The maximum Gasteiger partial charge on any atom is 0.306 e. The maximum absolute atomic E-state index is 11.6. The van der Waals surface area contributed by atoms with E-state index in [4.69, 9.17) is 4.74 Å². The highest BCUT2D eigenvalue weighted by Gasteiger charge is 2.30. The highest BCUT2D eigenvalue weighted by molar-refractivity contribution is 5.99. The zero-order chi connectivity index (χ0) is 15.2. The molecule has 0 bridgehead atoms. The van der Waals surface area contributed by atoms with Crippen LogP contribution in [0, 0.1) is 0 Å². The summed E-state index contributed by atoms with van der Waals surface area (Å²) in [7, 11) is 0. The molecule has 4 nitrogen and oxygen atoms in total. The lowest BCUT2D eigenvalue weighted by Crippen LogP contribution is -2.18. The SMILES string of the molecule is CC(C)OC(=O)CCC/C=C\CC1=CC(C)(O)CC1=O. The van der Waals surface area contributed by atoms with Crippen molar-refractivity contribution in [3.8, 4) is 0 Å². The van der Waals surface area contributed by atoms with Gasteiger partial charge < -0.3 is 9.84 Å². The van der Waals surface area contributed by atoms with Crippen LogP contribution in [0.4, 0.5) is 0 Å². The fourth-order valence-corrected chi connectivity index (χ4v) is 2.13. The Hall–Kier alpha value is -1.42. The third-order valence-corrected chi connectivity index (χ3v) is 2.99. The molecule has 0 saturated carbocycles. The van der Waals surface area contributed by atoms with E-state index in [1.807, 2.05) is 26.0 Å². The summed E-state index contributed by atoms with van der Waals surface area (Å²) in [6.07, 6.45) is 8.12.